The lowest BCUT2D eigenvalue weighted by molar-refractivity contribution is -0.0764. The van der Waals surface area contributed by atoms with Gasteiger partial charge in [-0.15, -0.1) is 0 Å². The molecule has 0 amide bonds. The van der Waals surface area contributed by atoms with Crippen molar-refractivity contribution in [2.45, 2.75) is 58.1 Å². The van der Waals surface area contributed by atoms with Crippen LogP contribution in [-0.4, -0.2) is 25.3 Å². The lowest BCUT2D eigenvalue weighted by Crippen LogP contribution is -2.63. The highest BCUT2D eigenvalue weighted by molar-refractivity contribution is 5.40. The molecule has 0 bridgehead atoms. The Morgan fingerprint density at radius 3 is 2.52 bits per heavy atom. The molecular formula is C18H27NO2. The molecule has 3 heteroatoms. The van der Waals surface area contributed by atoms with Gasteiger partial charge in [-0.2, -0.15) is 0 Å². The highest BCUT2D eigenvalue weighted by Crippen LogP contribution is 2.55. The van der Waals surface area contributed by atoms with Crippen molar-refractivity contribution in [3.8, 4) is 11.5 Å². The fraction of sp³-hybridized carbons (Fsp3) is 0.667. The first-order valence-corrected chi connectivity index (χ1v) is 8.42. The molecule has 2 atom stereocenters. The zero-order valence-corrected chi connectivity index (χ0v) is 13.2. The summed E-state index contributed by atoms with van der Waals surface area (Å²) in [6.07, 6.45) is 6.74. The van der Waals surface area contributed by atoms with E-state index >= 15 is 0 Å². The summed E-state index contributed by atoms with van der Waals surface area (Å²) in [6.45, 7) is 5.94. The van der Waals surface area contributed by atoms with E-state index in [1.807, 2.05) is 31.2 Å². The third-order valence-electron chi connectivity index (χ3n) is 5.19. The monoisotopic (exact) mass is 289 g/mol. The molecule has 1 spiro atoms. The van der Waals surface area contributed by atoms with Crippen LogP contribution >= 0.6 is 0 Å². The number of hydrogen-bond acceptors (Lipinski definition) is 3. The Labute approximate surface area is 128 Å². The van der Waals surface area contributed by atoms with Gasteiger partial charge in [0.25, 0.3) is 0 Å². The van der Waals surface area contributed by atoms with E-state index in [0.717, 1.165) is 24.5 Å². The topological polar surface area (TPSA) is 30.5 Å². The lowest BCUT2D eigenvalue weighted by atomic mass is 9.60. The molecule has 21 heavy (non-hydrogen) atoms. The van der Waals surface area contributed by atoms with Gasteiger partial charge >= 0.3 is 0 Å². The fourth-order valence-electron chi connectivity index (χ4n) is 4.13. The van der Waals surface area contributed by atoms with E-state index in [4.69, 9.17) is 9.47 Å². The third-order valence-corrected chi connectivity index (χ3v) is 5.19. The van der Waals surface area contributed by atoms with E-state index in [1.54, 1.807) is 0 Å². The van der Waals surface area contributed by atoms with Crippen molar-refractivity contribution in [3.05, 3.63) is 24.3 Å². The average molecular weight is 289 g/mol. The van der Waals surface area contributed by atoms with Crippen molar-refractivity contribution in [3.63, 3.8) is 0 Å². The zero-order valence-electron chi connectivity index (χ0n) is 13.2. The summed E-state index contributed by atoms with van der Waals surface area (Å²) in [6, 6.07) is 8.70. The summed E-state index contributed by atoms with van der Waals surface area (Å²) in [5, 5.41) is 3.66. The van der Waals surface area contributed by atoms with Crippen LogP contribution in [0, 0.1) is 5.41 Å². The first-order chi connectivity index (χ1) is 10.3. The zero-order chi connectivity index (χ0) is 14.7. The number of rotatable bonds is 6. The van der Waals surface area contributed by atoms with E-state index < -0.39 is 0 Å². The molecule has 116 valence electrons. The van der Waals surface area contributed by atoms with Crippen LogP contribution in [0.2, 0.25) is 0 Å². The smallest absolute Gasteiger partial charge is 0.161 e. The average Bonchev–Trinajstić information content (AvgIpc) is 3.01. The second-order valence-electron chi connectivity index (χ2n) is 6.27. The molecule has 0 aliphatic heterocycles. The van der Waals surface area contributed by atoms with Crippen molar-refractivity contribution in [2.24, 2.45) is 5.41 Å². The van der Waals surface area contributed by atoms with E-state index in [0.29, 0.717) is 24.2 Å². The molecule has 0 radical (unpaired) electrons. The van der Waals surface area contributed by atoms with E-state index in [2.05, 4.69) is 12.2 Å². The minimum atomic E-state index is 0.339. The molecule has 0 heterocycles. The van der Waals surface area contributed by atoms with Crippen LogP contribution < -0.4 is 14.8 Å². The van der Waals surface area contributed by atoms with Gasteiger partial charge < -0.3 is 14.8 Å². The highest BCUT2D eigenvalue weighted by Gasteiger charge is 2.57. The van der Waals surface area contributed by atoms with Gasteiger partial charge in [-0.3, -0.25) is 0 Å². The summed E-state index contributed by atoms with van der Waals surface area (Å²) >= 11 is 0. The lowest BCUT2D eigenvalue weighted by Gasteiger charge is -2.54. The maximum atomic E-state index is 6.38. The van der Waals surface area contributed by atoms with Crippen molar-refractivity contribution >= 4 is 0 Å². The van der Waals surface area contributed by atoms with Crippen LogP contribution in [0.3, 0.4) is 0 Å². The molecule has 0 saturated heterocycles. The first kappa shape index (κ1) is 14.7. The summed E-state index contributed by atoms with van der Waals surface area (Å²) in [4.78, 5) is 0. The molecule has 1 aromatic carbocycles. The van der Waals surface area contributed by atoms with Gasteiger partial charge in [0.05, 0.1) is 6.61 Å². The standard InChI is InChI=1S/C18H27NO2/c1-3-19-16-13-17(18(16)11-7-8-12-18)21-15-10-6-5-9-14(15)20-4-2/h5-6,9-10,16-17,19H,3-4,7-8,11-13H2,1-2H3. The van der Waals surface area contributed by atoms with Gasteiger partial charge in [0, 0.05) is 17.9 Å². The molecule has 2 aliphatic carbocycles. The first-order valence-electron chi connectivity index (χ1n) is 8.42. The predicted molar refractivity (Wildman–Crippen MR) is 85.0 cm³/mol. The molecule has 3 nitrogen and oxygen atoms in total. The van der Waals surface area contributed by atoms with Crippen LogP contribution in [0.25, 0.3) is 0 Å². The summed E-state index contributed by atoms with van der Waals surface area (Å²) in [5.41, 5.74) is 0.356. The van der Waals surface area contributed by atoms with Crippen LogP contribution in [0.4, 0.5) is 0 Å². The predicted octanol–water partition coefficient (Wildman–Crippen LogP) is 3.77. The number of benzene rings is 1. The van der Waals surface area contributed by atoms with Gasteiger partial charge in [0.15, 0.2) is 11.5 Å². The molecular weight excluding hydrogens is 262 g/mol. The van der Waals surface area contributed by atoms with E-state index in [9.17, 15) is 0 Å². The Morgan fingerprint density at radius 1 is 1.14 bits per heavy atom. The quantitative estimate of drug-likeness (QED) is 0.864. The minimum Gasteiger partial charge on any atom is -0.490 e. The second-order valence-corrected chi connectivity index (χ2v) is 6.27. The van der Waals surface area contributed by atoms with Crippen molar-refractivity contribution in [1.29, 1.82) is 0 Å². The molecule has 2 saturated carbocycles. The largest absolute Gasteiger partial charge is 0.490 e. The Balaban J connectivity index is 1.73. The van der Waals surface area contributed by atoms with Crippen molar-refractivity contribution in [2.75, 3.05) is 13.2 Å². The van der Waals surface area contributed by atoms with Crippen molar-refractivity contribution in [1.82, 2.24) is 5.32 Å². The van der Waals surface area contributed by atoms with Gasteiger partial charge in [-0.25, -0.2) is 0 Å². The maximum Gasteiger partial charge on any atom is 0.161 e. The van der Waals surface area contributed by atoms with Gasteiger partial charge in [-0.1, -0.05) is 31.9 Å². The molecule has 2 fully saturated rings. The number of ether oxygens (including phenoxy) is 2. The van der Waals surface area contributed by atoms with Crippen LogP contribution in [0.15, 0.2) is 24.3 Å². The maximum absolute atomic E-state index is 6.38. The van der Waals surface area contributed by atoms with Crippen LogP contribution in [0.1, 0.15) is 46.0 Å². The molecule has 0 aromatic heterocycles. The fourth-order valence-corrected chi connectivity index (χ4v) is 4.13. The highest BCUT2D eigenvalue weighted by atomic mass is 16.5. The van der Waals surface area contributed by atoms with E-state index in [1.165, 1.54) is 25.7 Å². The Hall–Kier alpha value is -1.22. The van der Waals surface area contributed by atoms with Crippen LogP contribution in [-0.2, 0) is 0 Å². The van der Waals surface area contributed by atoms with Crippen LogP contribution in [0.5, 0.6) is 11.5 Å². The number of para-hydroxylation sites is 2. The third kappa shape index (κ3) is 2.64. The SMILES string of the molecule is CCNC1CC(Oc2ccccc2OCC)C12CCCC2. The number of hydrogen-bond donors (Lipinski definition) is 1. The minimum absolute atomic E-state index is 0.339. The summed E-state index contributed by atoms with van der Waals surface area (Å²) in [7, 11) is 0. The number of nitrogens with one attached hydrogen (secondary N) is 1. The summed E-state index contributed by atoms with van der Waals surface area (Å²) < 4.78 is 12.1. The molecule has 2 aliphatic rings. The molecule has 2 unspecified atom stereocenters. The van der Waals surface area contributed by atoms with E-state index in [-0.39, 0.29) is 0 Å². The second kappa shape index (κ2) is 6.27. The van der Waals surface area contributed by atoms with Gasteiger partial charge in [0.2, 0.25) is 0 Å². The Kier molecular flexibility index (Phi) is 4.39. The Bertz CT molecular complexity index is 468. The normalized spacial score (nSPS) is 26.6. The Morgan fingerprint density at radius 2 is 1.86 bits per heavy atom. The van der Waals surface area contributed by atoms with Crippen molar-refractivity contribution < 1.29 is 9.47 Å². The molecule has 1 aromatic rings. The molecule has 1 N–H and O–H groups in total. The van der Waals surface area contributed by atoms with Gasteiger partial charge in [0.1, 0.15) is 6.10 Å². The molecule has 3 rings (SSSR count). The van der Waals surface area contributed by atoms with Gasteiger partial charge in [-0.05, 0) is 38.4 Å². The summed E-state index contributed by atoms with van der Waals surface area (Å²) in [5.74, 6) is 1.78.